The van der Waals surface area contributed by atoms with Crippen LogP contribution in [0.4, 0.5) is 0 Å². The van der Waals surface area contributed by atoms with Crippen LogP contribution in [0.5, 0.6) is 0 Å². The number of hydrogen-bond acceptors (Lipinski definition) is 3. The lowest BCUT2D eigenvalue weighted by atomic mass is 9.89. The summed E-state index contributed by atoms with van der Waals surface area (Å²) in [7, 11) is -3.65. The Balaban J connectivity index is 2.21. The third-order valence-electron chi connectivity index (χ3n) is 2.78. The quantitative estimate of drug-likeness (QED) is 0.807. The summed E-state index contributed by atoms with van der Waals surface area (Å²) >= 11 is 0. The van der Waals surface area contributed by atoms with Gasteiger partial charge in [-0.05, 0) is 31.0 Å². The predicted octanol–water partition coefficient (Wildman–Crippen LogP) is 1.38. The second-order valence-electron chi connectivity index (χ2n) is 4.31. The smallest absolute Gasteiger partial charge is 0.335 e. The molecule has 0 amide bonds. The van der Waals surface area contributed by atoms with E-state index < -0.39 is 16.0 Å². The highest BCUT2D eigenvalue weighted by atomic mass is 32.2. The molecule has 2 N–H and O–H groups in total. The Morgan fingerprint density at radius 3 is 2.61 bits per heavy atom. The zero-order valence-corrected chi connectivity index (χ0v) is 10.4. The van der Waals surface area contributed by atoms with E-state index in [1.807, 2.05) is 0 Å². The zero-order valence-electron chi connectivity index (χ0n) is 9.59. The highest BCUT2D eigenvalue weighted by Gasteiger charge is 2.27. The lowest BCUT2D eigenvalue weighted by Gasteiger charge is -2.28. The van der Waals surface area contributed by atoms with E-state index in [-0.39, 0.29) is 16.5 Å². The van der Waals surface area contributed by atoms with Crippen LogP contribution in [0.1, 0.15) is 23.2 Å². The second-order valence-corrected chi connectivity index (χ2v) is 6.02. The molecule has 0 heterocycles. The molecule has 0 bridgehead atoms. The Bertz CT molecular complexity index is 598. The third kappa shape index (κ3) is 2.60. The van der Waals surface area contributed by atoms with Gasteiger partial charge in [-0.15, -0.1) is 0 Å². The number of nitrogens with one attached hydrogen (secondary N) is 1. The molecule has 1 fully saturated rings. The summed E-state index contributed by atoms with van der Waals surface area (Å²) in [6, 6.07) is 5.17. The molecule has 0 aliphatic heterocycles. The minimum Gasteiger partial charge on any atom is -0.478 e. The summed E-state index contributed by atoms with van der Waals surface area (Å²) in [5.41, 5.74) is 0.970. The SMILES string of the molecule is C=C1CC(NS(=O)(=O)c2cccc(C(=O)O)c2)C1. The number of aromatic carboxylic acids is 1. The monoisotopic (exact) mass is 267 g/mol. The first kappa shape index (κ1) is 12.8. The van der Waals surface area contributed by atoms with Crippen molar-refractivity contribution < 1.29 is 18.3 Å². The molecule has 1 aromatic rings. The van der Waals surface area contributed by atoms with Crippen molar-refractivity contribution in [2.75, 3.05) is 0 Å². The average molecular weight is 267 g/mol. The van der Waals surface area contributed by atoms with Gasteiger partial charge in [0.1, 0.15) is 0 Å². The van der Waals surface area contributed by atoms with Crippen molar-refractivity contribution in [3.8, 4) is 0 Å². The molecule has 2 rings (SSSR count). The molecular formula is C12H13NO4S. The van der Waals surface area contributed by atoms with Crippen LogP contribution in [-0.2, 0) is 10.0 Å². The van der Waals surface area contributed by atoms with Crippen LogP contribution >= 0.6 is 0 Å². The summed E-state index contributed by atoms with van der Waals surface area (Å²) in [4.78, 5) is 10.8. The van der Waals surface area contributed by atoms with Gasteiger partial charge in [0, 0.05) is 6.04 Å². The van der Waals surface area contributed by atoms with Gasteiger partial charge in [-0.1, -0.05) is 18.2 Å². The zero-order chi connectivity index (χ0) is 13.3. The van der Waals surface area contributed by atoms with Crippen LogP contribution in [0.25, 0.3) is 0 Å². The highest BCUT2D eigenvalue weighted by molar-refractivity contribution is 7.89. The van der Waals surface area contributed by atoms with Gasteiger partial charge in [0.05, 0.1) is 10.5 Å². The number of sulfonamides is 1. The molecule has 1 aliphatic carbocycles. The van der Waals surface area contributed by atoms with Crippen LogP contribution in [-0.4, -0.2) is 25.5 Å². The summed E-state index contributed by atoms with van der Waals surface area (Å²) in [5.74, 6) is -1.15. The molecule has 0 unspecified atom stereocenters. The maximum atomic E-state index is 12.0. The fraction of sp³-hybridized carbons (Fsp3) is 0.250. The van der Waals surface area contributed by atoms with E-state index in [1.165, 1.54) is 18.2 Å². The van der Waals surface area contributed by atoms with E-state index in [9.17, 15) is 13.2 Å². The van der Waals surface area contributed by atoms with Gasteiger partial charge in [0.15, 0.2) is 0 Å². The average Bonchev–Trinajstić information content (AvgIpc) is 2.27. The molecule has 0 atom stereocenters. The summed E-state index contributed by atoms with van der Waals surface area (Å²) < 4.78 is 26.5. The maximum absolute atomic E-state index is 12.0. The number of benzene rings is 1. The van der Waals surface area contributed by atoms with E-state index in [1.54, 1.807) is 0 Å². The molecule has 0 aromatic heterocycles. The van der Waals surface area contributed by atoms with Crippen LogP contribution in [0.15, 0.2) is 41.3 Å². The lowest BCUT2D eigenvalue weighted by molar-refractivity contribution is 0.0696. The topological polar surface area (TPSA) is 83.5 Å². The van der Waals surface area contributed by atoms with E-state index in [0.717, 1.165) is 11.6 Å². The minimum absolute atomic E-state index is 0.0279. The van der Waals surface area contributed by atoms with Crippen molar-refractivity contribution in [3.63, 3.8) is 0 Å². The van der Waals surface area contributed by atoms with Crippen molar-refractivity contribution in [1.82, 2.24) is 4.72 Å². The van der Waals surface area contributed by atoms with Gasteiger partial charge in [-0.2, -0.15) is 0 Å². The molecular weight excluding hydrogens is 254 g/mol. The Hall–Kier alpha value is -1.66. The largest absolute Gasteiger partial charge is 0.478 e. The molecule has 96 valence electrons. The molecule has 1 saturated carbocycles. The number of carbonyl (C=O) groups is 1. The minimum atomic E-state index is -3.65. The number of rotatable bonds is 4. The molecule has 6 heteroatoms. The second kappa shape index (κ2) is 4.55. The van der Waals surface area contributed by atoms with E-state index >= 15 is 0 Å². The summed E-state index contributed by atoms with van der Waals surface area (Å²) in [5, 5.41) is 8.82. The molecule has 0 radical (unpaired) electrons. The van der Waals surface area contributed by atoms with Gasteiger partial charge in [0.2, 0.25) is 10.0 Å². The fourth-order valence-electron chi connectivity index (χ4n) is 1.80. The van der Waals surface area contributed by atoms with Crippen LogP contribution in [0.2, 0.25) is 0 Å². The first-order valence-corrected chi connectivity index (χ1v) is 6.89. The first-order valence-electron chi connectivity index (χ1n) is 5.41. The van der Waals surface area contributed by atoms with E-state index in [0.29, 0.717) is 12.8 Å². The van der Waals surface area contributed by atoms with Crippen LogP contribution < -0.4 is 4.72 Å². The molecule has 1 aromatic carbocycles. The highest BCUT2D eigenvalue weighted by Crippen LogP contribution is 2.26. The van der Waals surface area contributed by atoms with Crippen LogP contribution in [0, 0.1) is 0 Å². The van der Waals surface area contributed by atoms with Crippen molar-refractivity contribution in [2.24, 2.45) is 0 Å². The molecule has 1 aliphatic rings. The van der Waals surface area contributed by atoms with Crippen molar-refractivity contribution in [3.05, 3.63) is 42.0 Å². The van der Waals surface area contributed by atoms with E-state index in [4.69, 9.17) is 5.11 Å². The maximum Gasteiger partial charge on any atom is 0.335 e. The lowest BCUT2D eigenvalue weighted by Crippen LogP contribution is -2.40. The first-order chi connectivity index (χ1) is 8.38. The summed E-state index contributed by atoms with van der Waals surface area (Å²) in [6.45, 7) is 3.74. The Labute approximate surface area is 105 Å². The van der Waals surface area contributed by atoms with Gasteiger partial charge < -0.3 is 5.11 Å². The summed E-state index contributed by atoms with van der Waals surface area (Å²) in [6.07, 6.45) is 1.27. The number of hydrogen-bond donors (Lipinski definition) is 2. The Morgan fingerprint density at radius 2 is 2.06 bits per heavy atom. The Morgan fingerprint density at radius 1 is 1.39 bits per heavy atom. The van der Waals surface area contributed by atoms with Crippen molar-refractivity contribution in [2.45, 2.75) is 23.8 Å². The van der Waals surface area contributed by atoms with Gasteiger partial charge in [0.25, 0.3) is 0 Å². The van der Waals surface area contributed by atoms with Gasteiger partial charge in [-0.25, -0.2) is 17.9 Å². The van der Waals surface area contributed by atoms with Crippen LogP contribution in [0.3, 0.4) is 0 Å². The molecule has 0 saturated heterocycles. The standard InChI is InChI=1S/C12H13NO4S/c1-8-5-10(6-8)13-18(16,17)11-4-2-3-9(7-11)12(14)15/h2-4,7,10,13H,1,5-6H2,(H,14,15). The predicted molar refractivity (Wildman–Crippen MR) is 65.9 cm³/mol. The number of carboxylic acid groups (broad SMARTS) is 1. The van der Waals surface area contributed by atoms with Crippen molar-refractivity contribution in [1.29, 1.82) is 0 Å². The number of carboxylic acids is 1. The van der Waals surface area contributed by atoms with Crippen molar-refractivity contribution >= 4 is 16.0 Å². The Kier molecular flexibility index (Phi) is 3.23. The van der Waals surface area contributed by atoms with Gasteiger partial charge >= 0.3 is 5.97 Å². The molecule has 18 heavy (non-hydrogen) atoms. The molecule has 0 spiro atoms. The normalized spacial score (nSPS) is 16.3. The molecule has 5 nitrogen and oxygen atoms in total. The van der Waals surface area contributed by atoms with E-state index in [2.05, 4.69) is 11.3 Å². The third-order valence-corrected chi connectivity index (χ3v) is 4.30. The fourth-order valence-corrected chi connectivity index (χ4v) is 3.09. The van der Waals surface area contributed by atoms with Gasteiger partial charge in [-0.3, -0.25) is 0 Å².